The molecule has 0 bridgehead atoms. The fraction of sp³-hybridized carbons (Fsp3) is 0.372. The number of allylic oxidation sites excluding steroid dienone is 4. The summed E-state index contributed by atoms with van der Waals surface area (Å²) in [6.07, 6.45) is 13.1. The molecule has 2 unspecified atom stereocenters. The second-order valence-corrected chi connectivity index (χ2v) is 14.8. The summed E-state index contributed by atoms with van der Waals surface area (Å²) < 4.78 is 6.36. The zero-order valence-electron chi connectivity index (χ0n) is 34.0. The Morgan fingerprint density at radius 1 is 1.07 bits per heavy atom. The van der Waals surface area contributed by atoms with Gasteiger partial charge in [0, 0.05) is 58.4 Å². The van der Waals surface area contributed by atoms with Gasteiger partial charge < -0.3 is 25.8 Å². The number of Topliss-reactive ketones (excluding diaryl/α,β-unsaturated/α-hetero) is 1. The van der Waals surface area contributed by atoms with Crippen LogP contribution in [0.4, 0.5) is 5.69 Å². The SMILES string of the molecule is C=C1CCC(n2c(=O)n(C)c3cc(CCCCNC(=O)C4C=NC(n5cccc(NC(/C=C(/NC)c6ncc(C(C)=O)n6C)=C(/C)CC)c5=O)=CC4)ccc32)C(=O)N1. The summed E-state index contributed by atoms with van der Waals surface area (Å²) in [4.78, 5) is 73.6. The van der Waals surface area contributed by atoms with Crippen LogP contribution in [0.15, 0.2) is 93.0 Å². The van der Waals surface area contributed by atoms with Gasteiger partial charge in [0.05, 0.1) is 28.8 Å². The number of rotatable bonds is 15. The quantitative estimate of drug-likeness (QED) is 0.0755. The number of ketones is 1. The summed E-state index contributed by atoms with van der Waals surface area (Å²) in [5.74, 6) is 0.125. The van der Waals surface area contributed by atoms with E-state index in [-0.39, 0.29) is 28.8 Å². The molecule has 2 aliphatic heterocycles. The van der Waals surface area contributed by atoms with E-state index < -0.39 is 12.0 Å². The van der Waals surface area contributed by atoms with Crippen LogP contribution in [0.3, 0.4) is 0 Å². The number of nitrogens with one attached hydrogen (secondary N) is 4. The van der Waals surface area contributed by atoms with Crippen LogP contribution in [0.1, 0.15) is 87.2 Å². The van der Waals surface area contributed by atoms with E-state index in [0.29, 0.717) is 65.9 Å². The lowest BCUT2D eigenvalue weighted by molar-refractivity contribution is -0.125. The van der Waals surface area contributed by atoms with Crippen LogP contribution >= 0.6 is 0 Å². The topological polar surface area (TPSA) is 178 Å². The molecular formula is C43H52N10O5. The Balaban J connectivity index is 1.03. The number of hydrogen-bond donors (Lipinski definition) is 4. The molecule has 2 atom stereocenters. The summed E-state index contributed by atoms with van der Waals surface area (Å²) >= 11 is 0. The van der Waals surface area contributed by atoms with Crippen molar-refractivity contribution in [2.24, 2.45) is 25.0 Å². The fourth-order valence-corrected chi connectivity index (χ4v) is 7.27. The van der Waals surface area contributed by atoms with Crippen LogP contribution in [-0.2, 0) is 30.1 Å². The first-order valence-corrected chi connectivity index (χ1v) is 19.6. The number of aromatic nitrogens is 5. The fourth-order valence-electron chi connectivity index (χ4n) is 7.27. The minimum Gasteiger partial charge on any atom is -0.385 e. The largest absolute Gasteiger partial charge is 0.385 e. The van der Waals surface area contributed by atoms with E-state index in [0.717, 1.165) is 47.9 Å². The van der Waals surface area contributed by atoms with Crippen molar-refractivity contribution in [3.63, 3.8) is 0 Å². The molecule has 0 saturated carbocycles. The number of piperidine rings is 1. The van der Waals surface area contributed by atoms with Gasteiger partial charge in [-0.05, 0) is 99.4 Å². The molecule has 1 aromatic carbocycles. The van der Waals surface area contributed by atoms with Gasteiger partial charge >= 0.3 is 5.69 Å². The van der Waals surface area contributed by atoms with Gasteiger partial charge in [-0.2, -0.15) is 0 Å². The molecule has 15 nitrogen and oxygen atoms in total. The first kappa shape index (κ1) is 41.1. The predicted octanol–water partition coefficient (Wildman–Crippen LogP) is 4.79. The number of nitrogens with zero attached hydrogens (tertiary/aromatic N) is 6. The summed E-state index contributed by atoms with van der Waals surface area (Å²) in [6, 6.07) is 8.81. The Morgan fingerprint density at radius 2 is 1.86 bits per heavy atom. The molecule has 1 saturated heterocycles. The highest BCUT2D eigenvalue weighted by Gasteiger charge is 2.29. The molecule has 15 heteroatoms. The van der Waals surface area contributed by atoms with E-state index in [1.165, 1.54) is 11.5 Å². The number of aliphatic imine (C=N–C) groups is 1. The number of carbonyl (C=O) groups excluding carboxylic acids is 3. The lowest BCUT2D eigenvalue weighted by Crippen LogP contribution is -2.40. The van der Waals surface area contributed by atoms with Crippen LogP contribution in [-0.4, -0.2) is 60.7 Å². The molecule has 3 aromatic heterocycles. The number of anilines is 1. The molecule has 304 valence electrons. The van der Waals surface area contributed by atoms with E-state index in [2.05, 4.69) is 37.8 Å². The Morgan fingerprint density at radius 3 is 2.53 bits per heavy atom. The van der Waals surface area contributed by atoms with Gasteiger partial charge in [-0.25, -0.2) is 14.8 Å². The van der Waals surface area contributed by atoms with Crippen molar-refractivity contribution in [1.82, 2.24) is 39.2 Å². The highest BCUT2D eigenvalue weighted by atomic mass is 16.2. The third kappa shape index (κ3) is 8.58. The van der Waals surface area contributed by atoms with Crippen molar-refractivity contribution in [1.29, 1.82) is 0 Å². The second kappa shape index (κ2) is 17.7. The standard InChI is InChI=1S/C43H52N10O5/c1-8-26(2)32(23-33(44-5)39-47-25-37(28(4)54)50(39)6)49-31-13-11-21-52(42(31)57)38-19-16-30(24-46-38)40(55)45-20-10-9-12-29-15-18-34-36(22-29)51(7)43(58)53(34)35-17-14-27(3)48-41(35)56/h11,13,15,18-19,21-25,30,35,44,49H,3,8-10,12,14,16-17,20H2,1-2,4-7H3,(H,45,55)(H,48,56)/b32-26-,33-23+. The molecular weight excluding hydrogens is 737 g/mol. The van der Waals surface area contributed by atoms with Gasteiger partial charge in [-0.3, -0.25) is 32.9 Å². The van der Waals surface area contributed by atoms with Crippen LogP contribution in [0.25, 0.3) is 22.6 Å². The molecule has 1 fully saturated rings. The monoisotopic (exact) mass is 788 g/mol. The number of imidazole rings is 2. The van der Waals surface area contributed by atoms with Crippen LogP contribution in [0, 0.1) is 5.92 Å². The molecule has 0 spiro atoms. The summed E-state index contributed by atoms with van der Waals surface area (Å²) in [5, 5.41) is 12.3. The Labute approximate surface area is 336 Å². The van der Waals surface area contributed by atoms with E-state index in [1.54, 1.807) is 71.7 Å². The van der Waals surface area contributed by atoms with Crippen molar-refractivity contribution in [2.75, 3.05) is 18.9 Å². The Hall–Kier alpha value is -6.51. The lowest BCUT2D eigenvalue weighted by atomic mass is 10.0. The number of amides is 2. The third-order valence-electron chi connectivity index (χ3n) is 10.9. The lowest BCUT2D eigenvalue weighted by Gasteiger charge is -2.24. The smallest absolute Gasteiger partial charge is 0.329 e. The molecule has 4 aromatic rings. The van der Waals surface area contributed by atoms with Crippen molar-refractivity contribution in [2.45, 2.75) is 71.8 Å². The van der Waals surface area contributed by atoms with Crippen molar-refractivity contribution >= 4 is 52.1 Å². The van der Waals surface area contributed by atoms with E-state index >= 15 is 0 Å². The normalized spacial score (nSPS) is 17.5. The number of fused-ring (bicyclic) bond motifs is 1. The number of aryl methyl sites for hydroxylation is 2. The predicted molar refractivity (Wildman–Crippen MR) is 227 cm³/mol. The highest BCUT2D eigenvalue weighted by molar-refractivity contribution is 5.95. The van der Waals surface area contributed by atoms with Gasteiger partial charge in [0.25, 0.3) is 5.56 Å². The Bertz CT molecular complexity index is 2520. The molecule has 5 heterocycles. The first-order valence-electron chi connectivity index (χ1n) is 19.6. The highest BCUT2D eigenvalue weighted by Crippen LogP contribution is 2.26. The van der Waals surface area contributed by atoms with E-state index in [1.807, 2.05) is 38.1 Å². The number of pyridine rings is 1. The van der Waals surface area contributed by atoms with E-state index in [9.17, 15) is 24.0 Å². The number of hydrogen-bond acceptors (Lipinski definition) is 9. The minimum absolute atomic E-state index is 0.0884. The summed E-state index contributed by atoms with van der Waals surface area (Å²) in [7, 11) is 5.28. The average molecular weight is 789 g/mol. The number of unbranched alkanes of at least 4 members (excludes halogenated alkanes) is 1. The summed E-state index contributed by atoms with van der Waals surface area (Å²) in [5.41, 5.74) is 5.95. The molecule has 2 aliphatic rings. The first-order chi connectivity index (χ1) is 27.8. The van der Waals surface area contributed by atoms with Crippen LogP contribution in [0.5, 0.6) is 0 Å². The third-order valence-corrected chi connectivity index (χ3v) is 10.9. The van der Waals surface area contributed by atoms with Gasteiger partial charge in [0.2, 0.25) is 11.8 Å². The van der Waals surface area contributed by atoms with Crippen molar-refractivity contribution in [3.8, 4) is 0 Å². The maximum atomic E-state index is 13.7. The number of carbonyl (C=O) groups is 3. The van der Waals surface area contributed by atoms with Gasteiger partial charge in [-0.15, -0.1) is 0 Å². The Kier molecular flexibility index (Phi) is 12.6. The van der Waals surface area contributed by atoms with Crippen LogP contribution < -0.4 is 32.5 Å². The van der Waals surface area contributed by atoms with Gasteiger partial charge in [0.15, 0.2) is 11.6 Å². The average Bonchev–Trinajstić information content (AvgIpc) is 3.72. The number of benzene rings is 1. The van der Waals surface area contributed by atoms with Gasteiger partial charge in [-0.1, -0.05) is 19.6 Å². The van der Waals surface area contributed by atoms with Crippen molar-refractivity contribution < 1.29 is 14.4 Å². The molecule has 58 heavy (non-hydrogen) atoms. The van der Waals surface area contributed by atoms with E-state index in [4.69, 9.17) is 0 Å². The second-order valence-electron chi connectivity index (χ2n) is 14.8. The molecule has 2 amide bonds. The van der Waals surface area contributed by atoms with Crippen molar-refractivity contribution in [3.05, 3.63) is 116 Å². The zero-order valence-corrected chi connectivity index (χ0v) is 34.0. The minimum atomic E-state index is -0.569. The maximum Gasteiger partial charge on any atom is 0.329 e. The molecule has 0 aliphatic carbocycles. The van der Waals surface area contributed by atoms with Crippen LogP contribution in [0.2, 0.25) is 0 Å². The molecule has 0 radical (unpaired) electrons. The molecule has 6 rings (SSSR count). The maximum absolute atomic E-state index is 13.7. The molecule has 4 N–H and O–H groups in total. The zero-order chi connectivity index (χ0) is 41.7. The summed E-state index contributed by atoms with van der Waals surface area (Å²) in [6.45, 7) is 9.85. The van der Waals surface area contributed by atoms with Gasteiger partial charge in [0.1, 0.15) is 23.2 Å².